The van der Waals surface area contributed by atoms with Gasteiger partial charge in [-0.2, -0.15) is 0 Å². The summed E-state index contributed by atoms with van der Waals surface area (Å²) >= 11 is 9.46. The zero-order valence-electron chi connectivity index (χ0n) is 15.1. The van der Waals surface area contributed by atoms with Crippen molar-refractivity contribution >= 4 is 44.7 Å². The van der Waals surface area contributed by atoms with Gasteiger partial charge in [-0.1, -0.05) is 57.9 Å². The van der Waals surface area contributed by atoms with Crippen molar-refractivity contribution in [3.05, 3.63) is 98.7 Å². The second kappa shape index (κ2) is 8.11. The zero-order chi connectivity index (χ0) is 20.4. The zero-order valence-corrected chi connectivity index (χ0v) is 17.5. The van der Waals surface area contributed by atoms with Gasteiger partial charge in [0.1, 0.15) is 11.5 Å². The minimum atomic E-state index is -0.362. The molecule has 0 aliphatic rings. The van der Waals surface area contributed by atoms with E-state index in [1.807, 2.05) is 54.6 Å². The van der Waals surface area contributed by atoms with E-state index in [0.29, 0.717) is 22.4 Å². The molecule has 0 radical (unpaired) electrons. The topological polar surface area (TPSA) is 72.9 Å². The smallest absolute Gasteiger partial charge is 0.283 e. The van der Waals surface area contributed by atoms with Gasteiger partial charge in [0.15, 0.2) is 5.82 Å². The second-order valence-electron chi connectivity index (χ2n) is 6.31. The maximum absolute atomic E-state index is 13.2. The van der Waals surface area contributed by atoms with Crippen molar-refractivity contribution in [1.82, 2.24) is 9.55 Å². The van der Waals surface area contributed by atoms with Crippen LogP contribution in [0.25, 0.3) is 17.1 Å². The monoisotopic (exact) mass is 466 g/mol. The molecule has 0 atom stereocenters. The van der Waals surface area contributed by atoms with Crippen LogP contribution >= 0.6 is 27.5 Å². The number of nitrogen functional groups attached to an aromatic ring is 1. The minimum Gasteiger partial charge on any atom is -0.391 e. The lowest BCUT2D eigenvalue weighted by molar-refractivity contribution is 0.957. The number of rotatable bonds is 4. The van der Waals surface area contributed by atoms with Crippen LogP contribution in [0.2, 0.25) is 5.02 Å². The summed E-state index contributed by atoms with van der Waals surface area (Å²) < 4.78 is 2.42. The van der Waals surface area contributed by atoms with Gasteiger partial charge in [0.05, 0.1) is 5.69 Å². The number of para-hydroxylation sites is 1. The van der Waals surface area contributed by atoms with Crippen molar-refractivity contribution in [2.75, 3.05) is 11.1 Å². The molecular formula is C22H16BrClN4O. The third-order valence-electron chi connectivity index (χ3n) is 4.34. The predicted molar refractivity (Wildman–Crippen MR) is 122 cm³/mol. The molecule has 3 N–H and O–H groups in total. The highest BCUT2D eigenvalue weighted by Gasteiger charge is 2.17. The van der Waals surface area contributed by atoms with Gasteiger partial charge >= 0.3 is 0 Å². The third kappa shape index (κ3) is 4.04. The predicted octanol–water partition coefficient (Wildman–Crippen LogP) is 5.64. The van der Waals surface area contributed by atoms with Gasteiger partial charge in [-0.3, -0.25) is 9.36 Å². The molecule has 0 saturated carbocycles. The molecule has 0 bridgehead atoms. The lowest BCUT2D eigenvalue weighted by Crippen LogP contribution is -2.26. The number of nitrogens with one attached hydrogen (secondary N) is 1. The SMILES string of the molecule is Nc1c(Nc2ccccc2)nc(-c2ccc(Br)cc2)n(-c2ccc(Cl)cc2)c1=O. The maximum atomic E-state index is 13.2. The first-order valence-corrected chi connectivity index (χ1v) is 9.96. The van der Waals surface area contributed by atoms with Gasteiger partial charge in [0.2, 0.25) is 0 Å². The highest BCUT2D eigenvalue weighted by molar-refractivity contribution is 9.10. The van der Waals surface area contributed by atoms with Gasteiger partial charge in [-0.25, -0.2) is 4.98 Å². The summed E-state index contributed by atoms with van der Waals surface area (Å²) in [6.07, 6.45) is 0. The van der Waals surface area contributed by atoms with Crippen LogP contribution in [0.3, 0.4) is 0 Å². The van der Waals surface area contributed by atoms with E-state index in [2.05, 4.69) is 21.2 Å². The summed E-state index contributed by atoms with van der Waals surface area (Å²) in [6.45, 7) is 0. The number of hydrogen-bond acceptors (Lipinski definition) is 4. The molecule has 3 aromatic carbocycles. The van der Waals surface area contributed by atoms with Crippen LogP contribution in [0.5, 0.6) is 0 Å². The Hall–Kier alpha value is -3.09. The number of nitrogens with two attached hydrogens (primary N) is 1. The van der Waals surface area contributed by atoms with Crippen LogP contribution in [0.15, 0.2) is 88.1 Å². The molecule has 144 valence electrons. The number of aromatic nitrogens is 2. The molecule has 7 heteroatoms. The summed E-state index contributed by atoms with van der Waals surface area (Å²) in [4.78, 5) is 17.9. The number of nitrogens with zero attached hydrogens (tertiary/aromatic N) is 2. The number of anilines is 3. The molecule has 0 spiro atoms. The quantitative estimate of drug-likeness (QED) is 0.407. The van der Waals surface area contributed by atoms with Gasteiger partial charge in [-0.15, -0.1) is 0 Å². The van der Waals surface area contributed by atoms with E-state index >= 15 is 0 Å². The first-order chi connectivity index (χ1) is 14.0. The van der Waals surface area contributed by atoms with E-state index in [9.17, 15) is 4.79 Å². The molecule has 0 unspecified atom stereocenters. The van der Waals surface area contributed by atoms with Crippen molar-refractivity contribution in [3.63, 3.8) is 0 Å². The Labute approximate surface area is 180 Å². The number of benzene rings is 3. The van der Waals surface area contributed by atoms with Crippen molar-refractivity contribution in [1.29, 1.82) is 0 Å². The van der Waals surface area contributed by atoms with Crippen molar-refractivity contribution < 1.29 is 0 Å². The molecule has 0 fully saturated rings. The minimum absolute atomic E-state index is 0.0321. The van der Waals surface area contributed by atoms with E-state index in [0.717, 1.165) is 15.7 Å². The molecule has 1 aromatic heterocycles. The van der Waals surface area contributed by atoms with Crippen LogP contribution in [-0.4, -0.2) is 9.55 Å². The summed E-state index contributed by atoms with van der Waals surface area (Å²) in [5.41, 5.74) is 8.04. The molecule has 0 aliphatic heterocycles. The third-order valence-corrected chi connectivity index (χ3v) is 5.12. The number of halogens is 2. The highest BCUT2D eigenvalue weighted by Crippen LogP contribution is 2.27. The summed E-state index contributed by atoms with van der Waals surface area (Å²) in [5.74, 6) is 0.779. The largest absolute Gasteiger partial charge is 0.391 e. The molecule has 4 rings (SSSR count). The summed E-state index contributed by atoms with van der Waals surface area (Å²) in [7, 11) is 0. The number of hydrogen-bond donors (Lipinski definition) is 2. The molecule has 29 heavy (non-hydrogen) atoms. The first-order valence-electron chi connectivity index (χ1n) is 8.79. The fraction of sp³-hybridized carbons (Fsp3) is 0. The Morgan fingerprint density at radius 3 is 2.24 bits per heavy atom. The average molecular weight is 468 g/mol. The maximum Gasteiger partial charge on any atom is 0.283 e. The van der Waals surface area contributed by atoms with E-state index in [1.54, 1.807) is 24.3 Å². The second-order valence-corrected chi connectivity index (χ2v) is 7.66. The molecular weight excluding hydrogens is 452 g/mol. The Bertz CT molecular complexity index is 1210. The molecule has 0 aliphatic carbocycles. The summed E-state index contributed by atoms with van der Waals surface area (Å²) in [5, 5.41) is 3.72. The van der Waals surface area contributed by atoms with Crippen molar-refractivity contribution in [3.8, 4) is 17.1 Å². The fourth-order valence-electron chi connectivity index (χ4n) is 2.91. The van der Waals surface area contributed by atoms with E-state index in [-0.39, 0.29) is 11.2 Å². The first kappa shape index (κ1) is 19.2. The lowest BCUT2D eigenvalue weighted by atomic mass is 10.2. The summed E-state index contributed by atoms with van der Waals surface area (Å²) in [6, 6.07) is 24.0. The lowest BCUT2D eigenvalue weighted by Gasteiger charge is -2.17. The fourth-order valence-corrected chi connectivity index (χ4v) is 3.30. The Morgan fingerprint density at radius 2 is 1.59 bits per heavy atom. The molecule has 5 nitrogen and oxygen atoms in total. The Balaban J connectivity index is 1.94. The van der Waals surface area contributed by atoms with Crippen LogP contribution in [0, 0.1) is 0 Å². The molecule has 0 amide bonds. The Morgan fingerprint density at radius 1 is 0.931 bits per heavy atom. The van der Waals surface area contributed by atoms with Crippen LogP contribution < -0.4 is 16.6 Å². The highest BCUT2D eigenvalue weighted by atomic mass is 79.9. The van der Waals surface area contributed by atoms with Gasteiger partial charge in [-0.05, 0) is 48.5 Å². The normalized spacial score (nSPS) is 10.7. The van der Waals surface area contributed by atoms with E-state index < -0.39 is 0 Å². The van der Waals surface area contributed by atoms with Gasteiger partial charge < -0.3 is 11.1 Å². The average Bonchev–Trinajstić information content (AvgIpc) is 2.74. The van der Waals surface area contributed by atoms with E-state index in [4.69, 9.17) is 22.3 Å². The molecule has 1 heterocycles. The molecule has 4 aromatic rings. The van der Waals surface area contributed by atoms with E-state index in [1.165, 1.54) is 4.57 Å². The van der Waals surface area contributed by atoms with Crippen molar-refractivity contribution in [2.24, 2.45) is 0 Å². The van der Waals surface area contributed by atoms with Crippen LogP contribution in [-0.2, 0) is 0 Å². The van der Waals surface area contributed by atoms with Gasteiger partial charge in [0.25, 0.3) is 5.56 Å². The van der Waals surface area contributed by atoms with Gasteiger partial charge in [0, 0.05) is 20.7 Å². The Kier molecular flexibility index (Phi) is 5.38. The standard InChI is InChI=1S/C22H16BrClN4O/c23-15-8-6-14(7-9-15)21-27-20(26-17-4-2-1-3-5-17)19(25)22(29)28(21)18-12-10-16(24)11-13-18/h1-13,26H,25H2. The molecule has 0 saturated heterocycles. The van der Waals surface area contributed by atoms with Crippen molar-refractivity contribution in [2.45, 2.75) is 0 Å². The van der Waals surface area contributed by atoms with Crippen LogP contribution in [0.1, 0.15) is 0 Å². The van der Waals surface area contributed by atoms with Crippen LogP contribution in [0.4, 0.5) is 17.2 Å².